The van der Waals surface area contributed by atoms with Crippen molar-refractivity contribution in [1.29, 1.82) is 0 Å². The lowest BCUT2D eigenvalue weighted by atomic mass is 10.2. The van der Waals surface area contributed by atoms with Gasteiger partial charge in [-0.2, -0.15) is 0 Å². The third-order valence-corrected chi connectivity index (χ3v) is 2.00. The highest BCUT2D eigenvalue weighted by molar-refractivity contribution is 5.94. The van der Waals surface area contributed by atoms with Crippen LogP contribution in [0.3, 0.4) is 0 Å². The molecule has 90 valence electrons. The Bertz CT molecular complexity index is 455. The zero-order valence-electron chi connectivity index (χ0n) is 9.25. The first-order chi connectivity index (χ1) is 8.19. The van der Waals surface area contributed by atoms with Crippen LogP contribution in [0.1, 0.15) is 10.4 Å². The third-order valence-electron chi connectivity index (χ3n) is 2.00. The van der Waals surface area contributed by atoms with Crippen LogP contribution in [0.15, 0.2) is 23.3 Å². The monoisotopic (exact) mass is 236 g/mol. The Balaban J connectivity index is 2.63. The van der Waals surface area contributed by atoms with Crippen LogP contribution in [0.2, 0.25) is 0 Å². The van der Waals surface area contributed by atoms with Crippen molar-refractivity contribution in [3.8, 4) is 11.5 Å². The summed E-state index contributed by atoms with van der Waals surface area (Å²) in [5, 5.41) is 15.3. The number of ether oxygens (including phenoxy) is 1. The van der Waals surface area contributed by atoms with Crippen LogP contribution in [-0.2, 0) is 0 Å². The molecule has 1 rings (SSSR count). The quantitative estimate of drug-likeness (QED) is 0.349. The molecule has 1 aromatic rings. The molecule has 0 aliphatic heterocycles. The molecule has 2 N–H and O–H groups in total. The van der Waals surface area contributed by atoms with Crippen LogP contribution in [0.25, 0.3) is 10.4 Å². The van der Waals surface area contributed by atoms with Gasteiger partial charge in [0.05, 0.1) is 7.11 Å². The van der Waals surface area contributed by atoms with Gasteiger partial charge in [-0.25, -0.2) is 0 Å². The van der Waals surface area contributed by atoms with Gasteiger partial charge in [0.1, 0.15) is 0 Å². The van der Waals surface area contributed by atoms with E-state index in [0.29, 0.717) is 11.3 Å². The van der Waals surface area contributed by atoms with E-state index >= 15 is 0 Å². The van der Waals surface area contributed by atoms with E-state index in [9.17, 15) is 9.90 Å². The number of benzene rings is 1. The van der Waals surface area contributed by atoms with E-state index in [1.165, 1.54) is 25.3 Å². The number of phenols is 1. The predicted molar refractivity (Wildman–Crippen MR) is 61.0 cm³/mol. The Kier molecular flexibility index (Phi) is 4.65. The van der Waals surface area contributed by atoms with Gasteiger partial charge in [-0.3, -0.25) is 4.79 Å². The molecule has 0 aromatic heterocycles. The lowest BCUT2D eigenvalue weighted by Gasteiger charge is -2.06. The van der Waals surface area contributed by atoms with Crippen LogP contribution in [0.4, 0.5) is 0 Å². The van der Waals surface area contributed by atoms with Crippen LogP contribution >= 0.6 is 0 Å². The predicted octanol–water partition coefficient (Wildman–Crippen LogP) is 1.44. The minimum Gasteiger partial charge on any atom is -0.504 e. The fourth-order valence-electron chi connectivity index (χ4n) is 1.20. The molecule has 1 aromatic carbocycles. The van der Waals surface area contributed by atoms with Gasteiger partial charge in [0, 0.05) is 23.6 Å². The number of hydrogen-bond acceptors (Lipinski definition) is 4. The summed E-state index contributed by atoms with van der Waals surface area (Å²) in [6.45, 7) is 0.431. The molecule has 0 aliphatic carbocycles. The molecule has 0 saturated carbocycles. The van der Waals surface area contributed by atoms with E-state index in [1.54, 1.807) is 0 Å². The van der Waals surface area contributed by atoms with E-state index < -0.39 is 0 Å². The summed E-state index contributed by atoms with van der Waals surface area (Å²) < 4.78 is 4.86. The van der Waals surface area contributed by atoms with Gasteiger partial charge in [0.2, 0.25) is 0 Å². The van der Waals surface area contributed by atoms with Gasteiger partial charge in [0.15, 0.2) is 11.5 Å². The highest BCUT2D eigenvalue weighted by atomic mass is 16.5. The lowest BCUT2D eigenvalue weighted by molar-refractivity contribution is 0.0954. The molecule has 0 unspecified atom stereocenters. The van der Waals surface area contributed by atoms with Crippen LogP contribution < -0.4 is 10.1 Å². The summed E-state index contributed by atoms with van der Waals surface area (Å²) in [6, 6.07) is 4.33. The Morgan fingerprint density at radius 2 is 2.41 bits per heavy atom. The van der Waals surface area contributed by atoms with Gasteiger partial charge in [-0.1, -0.05) is 5.11 Å². The first-order valence-corrected chi connectivity index (χ1v) is 4.85. The van der Waals surface area contributed by atoms with Gasteiger partial charge in [-0.15, -0.1) is 0 Å². The molecule has 7 heteroatoms. The number of azide groups is 1. The Hall–Kier alpha value is -2.40. The van der Waals surface area contributed by atoms with E-state index in [0.717, 1.165) is 0 Å². The molecule has 0 radical (unpaired) electrons. The van der Waals surface area contributed by atoms with Crippen molar-refractivity contribution >= 4 is 5.91 Å². The summed E-state index contributed by atoms with van der Waals surface area (Å²) in [5.74, 6) is -0.151. The Labute approximate surface area is 97.6 Å². The molecule has 0 aliphatic rings. The molecule has 0 atom stereocenters. The zero-order chi connectivity index (χ0) is 12.7. The first-order valence-electron chi connectivity index (χ1n) is 4.85. The highest BCUT2D eigenvalue weighted by Gasteiger charge is 2.08. The fourth-order valence-corrected chi connectivity index (χ4v) is 1.20. The van der Waals surface area contributed by atoms with E-state index in [-0.39, 0.29) is 24.7 Å². The summed E-state index contributed by atoms with van der Waals surface area (Å²) in [5.41, 5.74) is 8.35. The normalized spacial score (nSPS) is 9.24. The van der Waals surface area contributed by atoms with Gasteiger partial charge in [-0.05, 0) is 23.7 Å². The van der Waals surface area contributed by atoms with Crippen molar-refractivity contribution in [2.75, 3.05) is 20.2 Å². The number of phenolic OH excluding ortho intramolecular Hbond substituents is 1. The number of amides is 1. The molecule has 0 spiro atoms. The van der Waals surface area contributed by atoms with Gasteiger partial charge >= 0.3 is 0 Å². The average Bonchev–Trinajstić information content (AvgIpc) is 2.34. The van der Waals surface area contributed by atoms with Crippen molar-refractivity contribution in [3.05, 3.63) is 34.2 Å². The number of carbonyl (C=O) groups is 1. The maximum Gasteiger partial charge on any atom is 0.251 e. The Morgan fingerprint density at radius 1 is 1.65 bits per heavy atom. The first kappa shape index (κ1) is 12.7. The maximum absolute atomic E-state index is 11.6. The molecular weight excluding hydrogens is 224 g/mol. The largest absolute Gasteiger partial charge is 0.504 e. The summed E-state index contributed by atoms with van der Waals surface area (Å²) in [4.78, 5) is 14.1. The van der Waals surface area contributed by atoms with Crippen molar-refractivity contribution < 1.29 is 14.6 Å². The molecule has 1 amide bonds. The SMILES string of the molecule is COc1ccc(C(=O)NCCN=[N+]=[N-])cc1O. The highest BCUT2D eigenvalue weighted by Crippen LogP contribution is 2.25. The zero-order valence-corrected chi connectivity index (χ0v) is 9.25. The van der Waals surface area contributed by atoms with Crippen LogP contribution in [-0.4, -0.2) is 31.2 Å². The number of hydrogen-bond donors (Lipinski definition) is 2. The van der Waals surface area contributed by atoms with Crippen molar-refractivity contribution in [2.45, 2.75) is 0 Å². The third kappa shape index (κ3) is 3.58. The molecule has 0 fully saturated rings. The molecule has 0 heterocycles. The second kappa shape index (κ2) is 6.24. The topological polar surface area (TPSA) is 107 Å². The standard InChI is InChI=1S/C10H12N4O3/c1-17-9-3-2-7(6-8(9)15)10(16)12-4-5-13-14-11/h2-3,6,15H,4-5H2,1H3,(H,12,16). The fraction of sp³-hybridized carbons (Fsp3) is 0.300. The second-order valence-corrected chi connectivity index (χ2v) is 3.10. The molecule has 17 heavy (non-hydrogen) atoms. The molecular formula is C10H12N4O3. The van der Waals surface area contributed by atoms with E-state index in [1.807, 2.05) is 0 Å². The minimum atomic E-state index is -0.351. The summed E-state index contributed by atoms with van der Waals surface area (Å²) in [6.07, 6.45) is 0. The summed E-state index contributed by atoms with van der Waals surface area (Å²) in [7, 11) is 1.43. The molecule has 7 nitrogen and oxygen atoms in total. The smallest absolute Gasteiger partial charge is 0.251 e. The second-order valence-electron chi connectivity index (χ2n) is 3.10. The number of methoxy groups -OCH3 is 1. The van der Waals surface area contributed by atoms with E-state index in [2.05, 4.69) is 15.3 Å². The van der Waals surface area contributed by atoms with Crippen LogP contribution in [0, 0.1) is 0 Å². The number of aromatic hydroxyl groups is 1. The van der Waals surface area contributed by atoms with Crippen molar-refractivity contribution in [3.63, 3.8) is 0 Å². The van der Waals surface area contributed by atoms with Crippen LogP contribution in [0.5, 0.6) is 11.5 Å². The average molecular weight is 236 g/mol. The molecule has 0 saturated heterocycles. The van der Waals surface area contributed by atoms with Gasteiger partial charge in [0.25, 0.3) is 5.91 Å². The van der Waals surface area contributed by atoms with Crippen molar-refractivity contribution in [2.24, 2.45) is 5.11 Å². The maximum atomic E-state index is 11.6. The van der Waals surface area contributed by atoms with Gasteiger partial charge < -0.3 is 15.2 Å². The number of rotatable bonds is 5. The number of carbonyl (C=O) groups excluding carboxylic acids is 1. The number of nitrogens with zero attached hydrogens (tertiary/aromatic N) is 3. The van der Waals surface area contributed by atoms with E-state index in [4.69, 9.17) is 10.3 Å². The van der Waals surface area contributed by atoms with Crippen molar-refractivity contribution in [1.82, 2.24) is 5.32 Å². The number of nitrogens with one attached hydrogen (secondary N) is 1. The lowest BCUT2D eigenvalue weighted by Crippen LogP contribution is -2.25. The Morgan fingerprint density at radius 3 is 3.00 bits per heavy atom. The molecule has 0 bridgehead atoms. The summed E-state index contributed by atoms with van der Waals surface area (Å²) >= 11 is 0. The minimum absolute atomic E-state index is 0.102.